The van der Waals surface area contributed by atoms with Crippen molar-refractivity contribution in [1.82, 2.24) is 0 Å². The molecule has 59 heavy (non-hydrogen) atoms. The fourth-order valence-electron chi connectivity index (χ4n) is 10.2. The van der Waals surface area contributed by atoms with Crippen molar-refractivity contribution in [3.63, 3.8) is 0 Å². The third kappa shape index (κ3) is 4.73. The lowest BCUT2D eigenvalue weighted by molar-refractivity contribution is 0.670. The van der Waals surface area contributed by atoms with E-state index in [0.717, 1.165) is 16.6 Å². The summed E-state index contributed by atoms with van der Waals surface area (Å²) in [5, 5.41) is 19.8. The van der Waals surface area contributed by atoms with E-state index in [2.05, 4.69) is 206 Å². The van der Waals surface area contributed by atoms with Crippen LogP contribution in [0.4, 0.5) is 0 Å². The van der Waals surface area contributed by atoms with Crippen molar-refractivity contribution >= 4 is 97.3 Å². The van der Waals surface area contributed by atoms with Crippen LogP contribution in [0.25, 0.3) is 131 Å². The Kier molecular flexibility index (Phi) is 6.79. The van der Waals surface area contributed by atoms with E-state index in [4.69, 9.17) is 4.42 Å². The Morgan fingerprint density at radius 1 is 0.237 bits per heavy atom. The van der Waals surface area contributed by atoms with Crippen LogP contribution < -0.4 is 0 Å². The Bertz CT molecular complexity index is 3820. The fraction of sp³-hybridized carbons (Fsp3) is 0. The van der Waals surface area contributed by atoms with Crippen molar-refractivity contribution in [2.75, 3.05) is 0 Å². The Morgan fingerprint density at radius 3 is 1.42 bits per heavy atom. The van der Waals surface area contributed by atoms with Gasteiger partial charge in [0.2, 0.25) is 0 Å². The molecule has 0 atom stereocenters. The summed E-state index contributed by atoms with van der Waals surface area (Å²) in [5.41, 5.74) is 9.29. The third-order valence-corrected chi connectivity index (χ3v) is 12.8. The van der Waals surface area contributed by atoms with Crippen LogP contribution in [0.2, 0.25) is 0 Å². The molecule has 13 aromatic rings. The summed E-state index contributed by atoms with van der Waals surface area (Å²) in [6.45, 7) is 0. The standard InChI is InChI=1S/C58H34O/c1-3-15-40-36(12-1)14-11-23-45(40)57-48-21-9-7-19-46(48)56(47-20-8-10-22-49(47)57)38-26-24-35(25-27-38)39-28-30-44-50(32-39)42-17-5-6-18-43(42)51-33-53-55(34-52(44)51)59-54-31-29-37-13-2-4-16-41(37)58(53)54/h1-34H. The van der Waals surface area contributed by atoms with Crippen LogP contribution in [0.5, 0.6) is 0 Å². The van der Waals surface area contributed by atoms with Gasteiger partial charge in [0.05, 0.1) is 0 Å². The van der Waals surface area contributed by atoms with Gasteiger partial charge in [-0.3, -0.25) is 0 Å². The van der Waals surface area contributed by atoms with Crippen LogP contribution in [-0.4, -0.2) is 0 Å². The molecule has 0 saturated carbocycles. The van der Waals surface area contributed by atoms with Gasteiger partial charge in [0.25, 0.3) is 0 Å². The van der Waals surface area contributed by atoms with Crippen molar-refractivity contribution in [1.29, 1.82) is 0 Å². The predicted octanol–water partition coefficient (Wildman–Crippen LogP) is 16.7. The summed E-state index contributed by atoms with van der Waals surface area (Å²) in [6, 6.07) is 75.8. The molecule has 272 valence electrons. The number of fused-ring (bicyclic) bond motifs is 14. The van der Waals surface area contributed by atoms with E-state index in [1.807, 2.05) is 0 Å². The molecular weight excluding hydrogens is 713 g/mol. The third-order valence-electron chi connectivity index (χ3n) is 12.8. The van der Waals surface area contributed by atoms with Crippen LogP contribution in [0.3, 0.4) is 0 Å². The van der Waals surface area contributed by atoms with E-state index < -0.39 is 0 Å². The molecule has 0 unspecified atom stereocenters. The van der Waals surface area contributed by atoms with E-state index in [-0.39, 0.29) is 0 Å². The molecule has 1 heteroatoms. The second-order valence-electron chi connectivity index (χ2n) is 15.9. The van der Waals surface area contributed by atoms with Gasteiger partial charge in [-0.15, -0.1) is 0 Å². The maximum absolute atomic E-state index is 6.57. The highest BCUT2D eigenvalue weighted by Gasteiger charge is 2.19. The first kappa shape index (κ1) is 32.4. The Labute approximate surface area is 340 Å². The zero-order valence-electron chi connectivity index (χ0n) is 32.0. The second-order valence-corrected chi connectivity index (χ2v) is 15.9. The lowest BCUT2D eigenvalue weighted by atomic mass is 9.84. The molecule has 0 aliphatic carbocycles. The van der Waals surface area contributed by atoms with Gasteiger partial charge in [-0.1, -0.05) is 182 Å². The van der Waals surface area contributed by atoms with Crippen molar-refractivity contribution in [3.05, 3.63) is 206 Å². The first-order valence-corrected chi connectivity index (χ1v) is 20.4. The molecule has 13 rings (SSSR count). The lowest BCUT2D eigenvalue weighted by Gasteiger charge is -2.19. The maximum Gasteiger partial charge on any atom is 0.136 e. The smallest absolute Gasteiger partial charge is 0.136 e. The quantitative estimate of drug-likeness (QED) is 0.130. The highest BCUT2D eigenvalue weighted by molar-refractivity contribution is 6.30. The molecule has 0 fully saturated rings. The molecule has 0 N–H and O–H groups in total. The van der Waals surface area contributed by atoms with Gasteiger partial charge in [-0.05, 0) is 133 Å². The Hall–Kier alpha value is -7.74. The minimum Gasteiger partial charge on any atom is -0.456 e. The number of rotatable bonds is 3. The van der Waals surface area contributed by atoms with E-state index >= 15 is 0 Å². The van der Waals surface area contributed by atoms with Crippen molar-refractivity contribution in [3.8, 4) is 33.4 Å². The molecule has 1 aromatic heterocycles. The van der Waals surface area contributed by atoms with E-state index in [1.165, 1.54) is 114 Å². The van der Waals surface area contributed by atoms with Crippen molar-refractivity contribution in [2.45, 2.75) is 0 Å². The molecule has 0 bridgehead atoms. The van der Waals surface area contributed by atoms with Gasteiger partial charge < -0.3 is 4.42 Å². The zero-order chi connectivity index (χ0) is 38.6. The van der Waals surface area contributed by atoms with Gasteiger partial charge in [0, 0.05) is 10.8 Å². The first-order chi connectivity index (χ1) is 29.3. The van der Waals surface area contributed by atoms with Gasteiger partial charge >= 0.3 is 0 Å². The summed E-state index contributed by atoms with van der Waals surface area (Å²) < 4.78 is 6.57. The summed E-state index contributed by atoms with van der Waals surface area (Å²) in [5.74, 6) is 0. The zero-order valence-corrected chi connectivity index (χ0v) is 32.0. The Balaban J connectivity index is 0.977. The van der Waals surface area contributed by atoms with Crippen LogP contribution in [0.1, 0.15) is 0 Å². The average molecular weight is 747 g/mol. The number of furan rings is 1. The summed E-state index contributed by atoms with van der Waals surface area (Å²) in [6.07, 6.45) is 0. The molecular formula is C58H34O. The monoisotopic (exact) mass is 746 g/mol. The van der Waals surface area contributed by atoms with Crippen molar-refractivity contribution < 1.29 is 4.42 Å². The topological polar surface area (TPSA) is 13.1 Å². The SMILES string of the molecule is c1ccc2c(-c3c4ccccc4c(-c4ccc(-c5ccc6c(c5)c5ccccc5c5cc7c(cc65)oc5ccc6ccccc6c57)cc4)c4ccccc34)cccc2c1. The van der Waals surface area contributed by atoms with Gasteiger partial charge in [-0.2, -0.15) is 0 Å². The summed E-state index contributed by atoms with van der Waals surface area (Å²) in [7, 11) is 0. The normalized spacial score (nSPS) is 12.1. The highest BCUT2D eigenvalue weighted by atomic mass is 16.3. The minimum atomic E-state index is 0.922. The molecule has 1 nitrogen and oxygen atoms in total. The van der Waals surface area contributed by atoms with Gasteiger partial charge in [0.1, 0.15) is 11.2 Å². The summed E-state index contributed by atoms with van der Waals surface area (Å²) in [4.78, 5) is 0. The van der Waals surface area contributed by atoms with Crippen molar-refractivity contribution in [2.24, 2.45) is 0 Å². The second kappa shape index (κ2) is 12.4. The van der Waals surface area contributed by atoms with Crippen LogP contribution >= 0.6 is 0 Å². The molecule has 12 aromatic carbocycles. The molecule has 1 heterocycles. The van der Waals surface area contributed by atoms with E-state index in [9.17, 15) is 0 Å². The highest BCUT2D eigenvalue weighted by Crippen LogP contribution is 2.46. The van der Waals surface area contributed by atoms with Gasteiger partial charge in [0.15, 0.2) is 0 Å². The lowest BCUT2D eigenvalue weighted by Crippen LogP contribution is -1.91. The number of hydrogen-bond donors (Lipinski definition) is 0. The van der Waals surface area contributed by atoms with Crippen LogP contribution in [-0.2, 0) is 0 Å². The molecule has 0 saturated heterocycles. The molecule has 0 aliphatic heterocycles. The van der Waals surface area contributed by atoms with Crippen LogP contribution in [0.15, 0.2) is 211 Å². The van der Waals surface area contributed by atoms with Gasteiger partial charge in [-0.25, -0.2) is 0 Å². The van der Waals surface area contributed by atoms with Crippen LogP contribution in [0, 0.1) is 0 Å². The number of hydrogen-bond acceptors (Lipinski definition) is 1. The van der Waals surface area contributed by atoms with E-state index in [1.54, 1.807) is 0 Å². The maximum atomic E-state index is 6.57. The number of benzene rings is 12. The first-order valence-electron chi connectivity index (χ1n) is 20.4. The molecule has 0 aliphatic rings. The molecule has 0 spiro atoms. The summed E-state index contributed by atoms with van der Waals surface area (Å²) >= 11 is 0. The molecule has 0 radical (unpaired) electrons. The van der Waals surface area contributed by atoms with E-state index in [0.29, 0.717) is 0 Å². The average Bonchev–Trinajstić information content (AvgIpc) is 3.68. The predicted molar refractivity (Wildman–Crippen MR) is 253 cm³/mol. The fourth-order valence-corrected chi connectivity index (χ4v) is 10.2. The molecule has 0 amide bonds. The Morgan fingerprint density at radius 2 is 0.729 bits per heavy atom. The minimum absolute atomic E-state index is 0.922. The largest absolute Gasteiger partial charge is 0.456 e.